The lowest BCUT2D eigenvalue weighted by Gasteiger charge is -2.16. The van der Waals surface area contributed by atoms with Crippen molar-refractivity contribution >= 4 is 16.8 Å². The molecule has 0 amide bonds. The fraction of sp³-hybridized carbons (Fsp3) is 0.462. The van der Waals surface area contributed by atoms with Crippen LogP contribution in [0.15, 0.2) is 27.4 Å². The molecule has 0 saturated heterocycles. The van der Waals surface area contributed by atoms with Gasteiger partial charge in [-0.15, -0.1) is 0 Å². The summed E-state index contributed by atoms with van der Waals surface area (Å²) in [7, 11) is 1.99. The van der Waals surface area contributed by atoms with Gasteiger partial charge in [-0.1, -0.05) is 0 Å². The number of aromatic amines is 1. The van der Waals surface area contributed by atoms with Crippen molar-refractivity contribution < 1.29 is 4.42 Å². The normalized spacial score (nSPS) is 16.9. The molecule has 5 heteroatoms. The standard InChI is InChI=1S/C13H17N3O2/c1-14-7-13(4-5-13)8-15-9-2-3-10-11(6-9)18-12(17)16-10/h2-3,6,14-15H,4-5,7-8H2,1H3,(H,16,17). The fourth-order valence-corrected chi connectivity index (χ4v) is 2.31. The lowest BCUT2D eigenvalue weighted by Crippen LogP contribution is -2.26. The molecule has 2 aromatic rings. The Kier molecular flexibility index (Phi) is 2.63. The zero-order valence-electron chi connectivity index (χ0n) is 10.4. The van der Waals surface area contributed by atoms with Gasteiger partial charge in [-0.2, -0.15) is 0 Å². The smallest absolute Gasteiger partial charge is 0.408 e. The van der Waals surface area contributed by atoms with Crippen LogP contribution in [0.4, 0.5) is 5.69 Å². The molecule has 5 nitrogen and oxygen atoms in total. The molecule has 1 heterocycles. The highest BCUT2D eigenvalue weighted by Crippen LogP contribution is 2.44. The minimum absolute atomic E-state index is 0.405. The summed E-state index contributed by atoms with van der Waals surface area (Å²) in [4.78, 5) is 13.7. The predicted octanol–water partition coefficient (Wildman–Crippen LogP) is 1.53. The second kappa shape index (κ2) is 4.17. The van der Waals surface area contributed by atoms with Crippen LogP contribution in [0, 0.1) is 5.41 Å². The van der Waals surface area contributed by atoms with E-state index in [9.17, 15) is 4.79 Å². The van der Waals surface area contributed by atoms with E-state index in [1.165, 1.54) is 12.8 Å². The maximum Gasteiger partial charge on any atom is 0.417 e. The first kappa shape index (κ1) is 11.3. The molecule has 96 valence electrons. The number of hydrogen-bond donors (Lipinski definition) is 3. The third-order valence-corrected chi connectivity index (χ3v) is 3.60. The SMILES string of the molecule is CNCC1(CNc2ccc3[nH]c(=O)oc3c2)CC1. The summed E-state index contributed by atoms with van der Waals surface area (Å²) in [5, 5.41) is 6.65. The van der Waals surface area contributed by atoms with Crippen LogP contribution >= 0.6 is 0 Å². The maximum atomic E-state index is 11.1. The third kappa shape index (κ3) is 2.13. The van der Waals surface area contributed by atoms with Crippen molar-refractivity contribution in [2.75, 3.05) is 25.5 Å². The number of fused-ring (bicyclic) bond motifs is 1. The van der Waals surface area contributed by atoms with Gasteiger partial charge in [-0.05, 0) is 32.0 Å². The van der Waals surface area contributed by atoms with Crippen molar-refractivity contribution in [3.05, 3.63) is 28.7 Å². The summed E-state index contributed by atoms with van der Waals surface area (Å²) in [5.74, 6) is -0.406. The van der Waals surface area contributed by atoms with Gasteiger partial charge >= 0.3 is 5.76 Å². The molecule has 1 fully saturated rings. The van der Waals surface area contributed by atoms with Gasteiger partial charge < -0.3 is 15.1 Å². The van der Waals surface area contributed by atoms with Gasteiger partial charge in [0.2, 0.25) is 0 Å². The zero-order valence-corrected chi connectivity index (χ0v) is 10.4. The van der Waals surface area contributed by atoms with E-state index in [-0.39, 0.29) is 0 Å². The van der Waals surface area contributed by atoms with Crippen LogP contribution in [-0.4, -0.2) is 25.1 Å². The number of anilines is 1. The Morgan fingerprint density at radius 1 is 1.39 bits per heavy atom. The van der Waals surface area contributed by atoms with E-state index in [1.807, 2.05) is 25.2 Å². The molecule has 1 saturated carbocycles. The molecule has 0 bridgehead atoms. The van der Waals surface area contributed by atoms with Crippen molar-refractivity contribution in [1.82, 2.24) is 10.3 Å². The highest BCUT2D eigenvalue weighted by molar-refractivity contribution is 5.76. The Balaban J connectivity index is 1.73. The Morgan fingerprint density at radius 2 is 2.22 bits per heavy atom. The van der Waals surface area contributed by atoms with Crippen LogP contribution in [0.3, 0.4) is 0 Å². The molecular formula is C13H17N3O2. The van der Waals surface area contributed by atoms with E-state index in [1.54, 1.807) is 0 Å². The number of rotatable bonds is 5. The van der Waals surface area contributed by atoms with Crippen LogP contribution in [-0.2, 0) is 0 Å². The van der Waals surface area contributed by atoms with Crippen molar-refractivity contribution in [3.8, 4) is 0 Å². The number of benzene rings is 1. The zero-order chi connectivity index (χ0) is 12.6. The third-order valence-electron chi connectivity index (χ3n) is 3.60. The monoisotopic (exact) mass is 247 g/mol. The van der Waals surface area contributed by atoms with Gasteiger partial charge in [0, 0.05) is 30.3 Å². The molecule has 3 rings (SSSR count). The predicted molar refractivity (Wildman–Crippen MR) is 70.9 cm³/mol. The van der Waals surface area contributed by atoms with Gasteiger partial charge in [-0.3, -0.25) is 4.98 Å². The average molecular weight is 247 g/mol. The molecule has 3 N–H and O–H groups in total. The molecule has 1 aliphatic rings. The summed E-state index contributed by atoms with van der Waals surface area (Å²) in [6.45, 7) is 2.00. The topological polar surface area (TPSA) is 70.1 Å². The first-order chi connectivity index (χ1) is 8.71. The lowest BCUT2D eigenvalue weighted by atomic mass is 10.1. The van der Waals surface area contributed by atoms with Crippen LogP contribution in [0.2, 0.25) is 0 Å². The number of oxazole rings is 1. The van der Waals surface area contributed by atoms with Crippen LogP contribution in [0.1, 0.15) is 12.8 Å². The second-order valence-corrected chi connectivity index (χ2v) is 5.11. The largest absolute Gasteiger partial charge is 0.417 e. The Morgan fingerprint density at radius 3 is 2.94 bits per heavy atom. The Bertz CT molecular complexity index is 610. The number of aromatic nitrogens is 1. The summed E-state index contributed by atoms with van der Waals surface area (Å²) in [5.41, 5.74) is 2.74. The van der Waals surface area contributed by atoms with E-state index in [0.29, 0.717) is 11.0 Å². The Hall–Kier alpha value is -1.75. The van der Waals surface area contributed by atoms with Crippen molar-refractivity contribution in [2.45, 2.75) is 12.8 Å². The van der Waals surface area contributed by atoms with Crippen molar-refractivity contribution in [3.63, 3.8) is 0 Å². The molecule has 0 atom stereocenters. The number of H-pyrrole nitrogens is 1. The molecule has 1 aliphatic carbocycles. The van der Waals surface area contributed by atoms with Crippen molar-refractivity contribution in [1.29, 1.82) is 0 Å². The van der Waals surface area contributed by atoms with E-state index in [2.05, 4.69) is 15.6 Å². The van der Waals surface area contributed by atoms with Crippen LogP contribution in [0.5, 0.6) is 0 Å². The van der Waals surface area contributed by atoms with Gasteiger partial charge in [0.05, 0.1) is 5.52 Å². The Labute approximate surface area is 105 Å². The van der Waals surface area contributed by atoms with Gasteiger partial charge in [0.1, 0.15) is 0 Å². The van der Waals surface area contributed by atoms with E-state index >= 15 is 0 Å². The molecule has 0 aliphatic heterocycles. The quantitative estimate of drug-likeness (QED) is 0.749. The van der Waals surface area contributed by atoms with Gasteiger partial charge in [0.15, 0.2) is 5.58 Å². The molecule has 0 radical (unpaired) electrons. The van der Waals surface area contributed by atoms with E-state index < -0.39 is 5.76 Å². The lowest BCUT2D eigenvalue weighted by molar-refractivity contribution is 0.507. The highest BCUT2D eigenvalue weighted by atomic mass is 16.4. The minimum atomic E-state index is -0.406. The van der Waals surface area contributed by atoms with Crippen LogP contribution < -0.4 is 16.4 Å². The molecular weight excluding hydrogens is 230 g/mol. The first-order valence-electron chi connectivity index (χ1n) is 6.22. The average Bonchev–Trinajstić information content (AvgIpc) is 3.00. The molecule has 1 aromatic heterocycles. The van der Waals surface area contributed by atoms with E-state index in [0.717, 1.165) is 24.3 Å². The highest BCUT2D eigenvalue weighted by Gasteiger charge is 2.41. The summed E-state index contributed by atoms with van der Waals surface area (Å²) in [6, 6.07) is 5.69. The molecule has 18 heavy (non-hydrogen) atoms. The maximum absolute atomic E-state index is 11.1. The summed E-state index contributed by atoms with van der Waals surface area (Å²) >= 11 is 0. The second-order valence-electron chi connectivity index (χ2n) is 5.11. The van der Waals surface area contributed by atoms with Gasteiger partial charge in [0.25, 0.3) is 0 Å². The summed E-state index contributed by atoms with van der Waals surface area (Å²) < 4.78 is 5.04. The fourth-order valence-electron chi connectivity index (χ4n) is 2.31. The molecule has 0 spiro atoms. The van der Waals surface area contributed by atoms with E-state index in [4.69, 9.17) is 4.42 Å². The van der Waals surface area contributed by atoms with Gasteiger partial charge in [-0.25, -0.2) is 4.79 Å². The van der Waals surface area contributed by atoms with Crippen LogP contribution in [0.25, 0.3) is 11.1 Å². The molecule has 1 aromatic carbocycles. The first-order valence-corrected chi connectivity index (χ1v) is 6.22. The minimum Gasteiger partial charge on any atom is -0.408 e. The van der Waals surface area contributed by atoms with Crippen molar-refractivity contribution in [2.24, 2.45) is 5.41 Å². The number of nitrogens with one attached hydrogen (secondary N) is 3. The molecule has 0 unspecified atom stereocenters. The summed E-state index contributed by atoms with van der Waals surface area (Å²) in [6.07, 6.45) is 2.53. The number of hydrogen-bond acceptors (Lipinski definition) is 4.